The number of benzene rings is 2. The van der Waals surface area contributed by atoms with E-state index in [1.807, 2.05) is 24.3 Å². The molecule has 0 radical (unpaired) electrons. The molecule has 0 saturated carbocycles. The normalized spacial score (nSPS) is 9.50. The number of hydrogen-bond donors (Lipinski definition) is 2. The van der Waals surface area contributed by atoms with Crippen LogP contribution < -0.4 is 20.9 Å². The highest BCUT2D eigenvalue weighted by atomic mass is 16.5. The number of hydrogen-bond acceptors (Lipinski definition) is 4. The second kappa shape index (κ2) is 5.89. The van der Waals surface area contributed by atoms with Crippen LogP contribution >= 0.6 is 0 Å². The quantitative estimate of drug-likeness (QED) is 0.647. The van der Waals surface area contributed by atoms with Crippen molar-refractivity contribution in [1.29, 1.82) is 0 Å². The standard InChI is InChI=1S/C16H16N2O2/c1-19-15-11(5-3-7-13(15)17)9-10-12-6-4-8-14(18)16(12)20-2/h3-8H,17-18H2,1-2H3. The van der Waals surface area contributed by atoms with Crippen LogP contribution in [-0.2, 0) is 0 Å². The Balaban J connectivity index is 2.47. The van der Waals surface area contributed by atoms with Gasteiger partial charge in [0.25, 0.3) is 0 Å². The maximum absolute atomic E-state index is 5.84. The molecule has 0 heterocycles. The molecular formula is C16H16N2O2. The molecule has 0 spiro atoms. The predicted molar refractivity (Wildman–Crippen MR) is 80.8 cm³/mol. The van der Waals surface area contributed by atoms with E-state index in [2.05, 4.69) is 11.8 Å². The van der Waals surface area contributed by atoms with Crippen LogP contribution in [0.1, 0.15) is 11.1 Å². The van der Waals surface area contributed by atoms with Gasteiger partial charge in [-0.05, 0) is 24.3 Å². The predicted octanol–water partition coefficient (Wildman–Crippen LogP) is 2.27. The molecule has 0 fully saturated rings. The molecule has 0 bridgehead atoms. The maximum Gasteiger partial charge on any atom is 0.157 e. The van der Waals surface area contributed by atoms with Gasteiger partial charge < -0.3 is 20.9 Å². The summed E-state index contributed by atoms with van der Waals surface area (Å²) in [6, 6.07) is 10.9. The molecule has 0 aliphatic carbocycles. The SMILES string of the molecule is COc1c(N)cccc1C#Cc1cccc(N)c1OC. The number of ether oxygens (including phenoxy) is 2. The maximum atomic E-state index is 5.84. The molecule has 4 nitrogen and oxygen atoms in total. The van der Waals surface area contributed by atoms with Crippen LogP contribution in [0.15, 0.2) is 36.4 Å². The van der Waals surface area contributed by atoms with Gasteiger partial charge >= 0.3 is 0 Å². The average Bonchev–Trinajstić information content (AvgIpc) is 2.45. The summed E-state index contributed by atoms with van der Waals surface area (Å²) in [6.45, 7) is 0. The van der Waals surface area contributed by atoms with Gasteiger partial charge in [0, 0.05) is 0 Å². The van der Waals surface area contributed by atoms with Crippen molar-refractivity contribution in [3.63, 3.8) is 0 Å². The first-order valence-electron chi connectivity index (χ1n) is 6.04. The summed E-state index contributed by atoms with van der Waals surface area (Å²) in [7, 11) is 3.13. The van der Waals surface area contributed by atoms with Gasteiger partial charge in [0.1, 0.15) is 0 Å². The van der Waals surface area contributed by atoms with Crippen molar-refractivity contribution in [1.82, 2.24) is 0 Å². The number of nitrogen functional groups attached to an aromatic ring is 2. The van der Waals surface area contributed by atoms with E-state index < -0.39 is 0 Å². The van der Waals surface area contributed by atoms with Gasteiger partial charge in [-0.3, -0.25) is 0 Å². The first-order valence-corrected chi connectivity index (χ1v) is 6.04. The van der Waals surface area contributed by atoms with Gasteiger partial charge in [0.15, 0.2) is 11.5 Å². The van der Waals surface area contributed by atoms with Gasteiger partial charge in [-0.1, -0.05) is 24.0 Å². The van der Waals surface area contributed by atoms with Crippen molar-refractivity contribution in [2.24, 2.45) is 0 Å². The Labute approximate surface area is 118 Å². The van der Waals surface area contributed by atoms with Crippen LogP contribution in [0, 0.1) is 11.8 Å². The van der Waals surface area contributed by atoms with Gasteiger partial charge in [-0.15, -0.1) is 0 Å². The Hall–Kier alpha value is -2.80. The average molecular weight is 268 g/mol. The molecule has 4 heteroatoms. The fourth-order valence-electron chi connectivity index (χ4n) is 1.90. The minimum absolute atomic E-state index is 0.554. The summed E-state index contributed by atoms with van der Waals surface area (Å²) < 4.78 is 10.5. The second-order valence-corrected chi connectivity index (χ2v) is 4.11. The van der Waals surface area contributed by atoms with Crippen LogP contribution in [-0.4, -0.2) is 14.2 Å². The third kappa shape index (κ3) is 2.62. The summed E-state index contributed by atoms with van der Waals surface area (Å²) in [5, 5.41) is 0. The lowest BCUT2D eigenvalue weighted by molar-refractivity contribution is 0.415. The number of para-hydroxylation sites is 2. The molecule has 0 aromatic heterocycles. The van der Waals surface area contributed by atoms with Crippen molar-refractivity contribution in [3.05, 3.63) is 47.5 Å². The Morgan fingerprint density at radius 2 is 1.15 bits per heavy atom. The lowest BCUT2D eigenvalue weighted by Gasteiger charge is -2.07. The van der Waals surface area contributed by atoms with Crippen molar-refractivity contribution in [2.45, 2.75) is 0 Å². The minimum atomic E-state index is 0.554. The highest BCUT2D eigenvalue weighted by Crippen LogP contribution is 2.27. The molecule has 2 rings (SSSR count). The summed E-state index contributed by atoms with van der Waals surface area (Å²) >= 11 is 0. The lowest BCUT2D eigenvalue weighted by Crippen LogP contribution is -1.96. The van der Waals surface area contributed by atoms with Crippen LogP contribution in [0.2, 0.25) is 0 Å². The molecule has 0 unspecified atom stereocenters. The first-order chi connectivity index (χ1) is 9.67. The molecule has 0 atom stereocenters. The number of nitrogens with two attached hydrogens (primary N) is 2. The molecule has 20 heavy (non-hydrogen) atoms. The van der Waals surface area contributed by atoms with Crippen LogP contribution in [0.4, 0.5) is 11.4 Å². The van der Waals surface area contributed by atoms with Crippen molar-refractivity contribution < 1.29 is 9.47 Å². The highest BCUT2D eigenvalue weighted by Gasteiger charge is 2.05. The van der Waals surface area contributed by atoms with E-state index in [9.17, 15) is 0 Å². The molecule has 2 aromatic rings. The molecule has 2 aromatic carbocycles. The summed E-state index contributed by atoms with van der Waals surface area (Å²) in [5.74, 6) is 7.21. The van der Waals surface area contributed by atoms with E-state index >= 15 is 0 Å². The Kier molecular flexibility index (Phi) is 4.02. The Bertz CT molecular complexity index is 627. The third-order valence-corrected chi connectivity index (χ3v) is 2.83. The van der Waals surface area contributed by atoms with Crippen molar-refractivity contribution in [2.75, 3.05) is 25.7 Å². The van der Waals surface area contributed by atoms with Crippen LogP contribution in [0.3, 0.4) is 0 Å². The van der Waals surface area contributed by atoms with E-state index in [1.165, 1.54) is 0 Å². The van der Waals surface area contributed by atoms with Gasteiger partial charge in [-0.25, -0.2) is 0 Å². The molecule has 0 aliphatic heterocycles. The molecule has 102 valence electrons. The summed E-state index contributed by atoms with van der Waals surface area (Å²) in [6.07, 6.45) is 0. The Morgan fingerprint density at radius 1 is 0.750 bits per heavy atom. The number of rotatable bonds is 2. The minimum Gasteiger partial charge on any atom is -0.493 e. The third-order valence-electron chi connectivity index (χ3n) is 2.83. The van der Waals surface area contributed by atoms with E-state index in [1.54, 1.807) is 26.4 Å². The summed E-state index contributed by atoms with van der Waals surface area (Å²) in [5.41, 5.74) is 14.2. The van der Waals surface area contributed by atoms with Crippen molar-refractivity contribution >= 4 is 11.4 Å². The monoisotopic (exact) mass is 268 g/mol. The fourth-order valence-corrected chi connectivity index (χ4v) is 1.90. The van der Waals surface area contributed by atoms with Gasteiger partial charge in [0.05, 0.1) is 36.7 Å². The van der Waals surface area contributed by atoms with Crippen molar-refractivity contribution in [3.8, 4) is 23.3 Å². The smallest absolute Gasteiger partial charge is 0.157 e. The first kappa shape index (κ1) is 13.6. The zero-order valence-corrected chi connectivity index (χ0v) is 11.4. The van der Waals surface area contributed by atoms with Crippen LogP contribution in [0.5, 0.6) is 11.5 Å². The number of methoxy groups -OCH3 is 2. The molecule has 0 saturated heterocycles. The zero-order chi connectivity index (χ0) is 14.5. The fraction of sp³-hybridized carbons (Fsp3) is 0.125. The highest BCUT2D eigenvalue weighted by molar-refractivity contribution is 5.65. The second-order valence-electron chi connectivity index (χ2n) is 4.11. The lowest BCUT2D eigenvalue weighted by atomic mass is 10.1. The van der Waals surface area contributed by atoms with E-state index in [4.69, 9.17) is 20.9 Å². The zero-order valence-electron chi connectivity index (χ0n) is 11.4. The largest absolute Gasteiger partial charge is 0.493 e. The van der Waals surface area contributed by atoms with E-state index in [0.717, 1.165) is 11.1 Å². The van der Waals surface area contributed by atoms with Gasteiger partial charge in [-0.2, -0.15) is 0 Å². The topological polar surface area (TPSA) is 70.5 Å². The number of anilines is 2. The molecule has 0 amide bonds. The summed E-state index contributed by atoms with van der Waals surface area (Å²) in [4.78, 5) is 0. The van der Waals surface area contributed by atoms with E-state index in [-0.39, 0.29) is 0 Å². The van der Waals surface area contributed by atoms with Gasteiger partial charge in [0.2, 0.25) is 0 Å². The van der Waals surface area contributed by atoms with E-state index in [0.29, 0.717) is 22.9 Å². The molecule has 4 N–H and O–H groups in total. The molecular weight excluding hydrogens is 252 g/mol. The van der Waals surface area contributed by atoms with Crippen LogP contribution in [0.25, 0.3) is 0 Å². The Morgan fingerprint density at radius 3 is 1.50 bits per heavy atom. The molecule has 0 aliphatic rings.